The van der Waals surface area contributed by atoms with Crippen molar-refractivity contribution in [2.75, 3.05) is 0 Å². The van der Waals surface area contributed by atoms with E-state index in [1.165, 1.54) is 12.1 Å². The minimum absolute atomic E-state index is 0.0378. The van der Waals surface area contributed by atoms with Crippen molar-refractivity contribution in [2.45, 2.75) is 70.6 Å². The Morgan fingerprint density at radius 1 is 1.16 bits per heavy atom. The molecule has 200 valence electrons. The highest BCUT2D eigenvalue weighted by atomic mass is 19.1. The van der Waals surface area contributed by atoms with Crippen LogP contribution in [-0.4, -0.2) is 42.4 Å². The summed E-state index contributed by atoms with van der Waals surface area (Å²) in [6.45, 7) is 7.42. The lowest BCUT2D eigenvalue weighted by molar-refractivity contribution is -0.0464. The number of nitrogens with zero attached hydrogens (tertiary/aromatic N) is 4. The van der Waals surface area contributed by atoms with Crippen molar-refractivity contribution >= 4 is 5.52 Å². The zero-order chi connectivity index (χ0) is 27.2. The molecule has 0 amide bonds. The Morgan fingerprint density at radius 3 is 2.58 bits per heavy atom. The van der Waals surface area contributed by atoms with E-state index >= 15 is 0 Å². The van der Waals surface area contributed by atoms with Gasteiger partial charge in [0.25, 0.3) is 0 Å². The Hall–Kier alpha value is -3.43. The number of pyridine rings is 1. The van der Waals surface area contributed by atoms with Crippen LogP contribution in [0.3, 0.4) is 0 Å². The van der Waals surface area contributed by atoms with E-state index in [0.717, 1.165) is 17.5 Å². The highest BCUT2D eigenvalue weighted by molar-refractivity contribution is 5.64. The van der Waals surface area contributed by atoms with Crippen LogP contribution in [0.1, 0.15) is 63.4 Å². The normalized spacial score (nSPS) is 23.8. The van der Waals surface area contributed by atoms with E-state index < -0.39 is 17.2 Å². The molecule has 3 N–H and O–H groups in total. The molecule has 0 unspecified atom stereocenters. The minimum atomic E-state index is -0.910. The molecule has 1 fully saturated rings. The molecule has 1 aliphatic carbocycles. The fraction of sp³-hybridized carbons (Fsp3) is 0.414. The lowest BCUT2D eigenvalue weighted by atomic mass is 9.67. The summed E-state index contributed by atoms with van der Waals surface area (Å²) in [5.74, 6) is -0.536. The zero-order valence-electron chi connectivity index (χ0n) is 22.0. The maximum atomic E-state index is 15.0. The second kappa shape index (κ2) is 10.0. The van der Waals surface area contributed by atoms with Gasteiger partial charge in [0.2, 0.25) is 0 Å². The topological polar surface area (TPSA) is 98.6 Å². The van der Waals surface area contributed by atoms with E-state index in [-0.39, 0.29) is 41.0 Å². The first-order valence-corrected chi connectivity index (χ1v) is 12.9. The van der Waals surface area contributed by atoms with Gasteiger partial charge in [0.15, 0.2) is 0 Å². The number of rotatable bonds is 6. The largest absolute Gasteiger partial charge is 0.491 e. The molecule has 4 aromatic rings. The smallest absolute Gasteiger partial charge is 0.139 e. The molecule has 3 aromatic heterocycles. The maximum Gasteiger partial charge on any atom is 0.139 e. The number of ether oxygens (including phenoxy) is 1. The lowest BCUT2D eigenvalue weighted by Crippen LogP contribution is -2.54. The summed E-state index contributed by atoms with van der Waals surface area (Å²) in [7, 11) is 0. The summed E-state index contributed by atoms with van der Waals surface area (Å²) in [5.41, 5.74) is 8.18. The van der Waals surface area contributed by atoms with Crippen LogP contribution in [0.4, 0.5) is 8.78 Å². The molecule has 38 heavy (non-hydrogen) atoms. The van der Waals surface area contributed by atoms with Crippen LogP contribution >= 0.6 is 0 Å². The first-order valence-electron chi connectivity index (χ1n) is 12.9. The van der Waals surface area contributed by atoms with Crippen LogP contribution in [0, 0.1) is 17.6 Å². The molecule has 9 heteroatoms. The number of halogens is 2. The van der Waals surface area contributed by atoms with E-state index in [2.05, 4.69) is 15.1 Å². The fourth-order valence-electron chi connectivity index (χ4n) is 5.40. The van der Waals surface area contributed by atoms with Gasteiger partial charge in [-0.1, -0.05) is 6.92 Å². The Labute approximate surface area is 220 Å². The van der Waals surface area contributed by atoms with Gasteiger partial charge in [-0.05, 0) is 74.8 Å². The molecule has 4 atom stereocenters. The third-order valence-corrected chi connectivity index (χ3v) is 7.75. The molecule has 0 spiro atoms. The van der Waals surface area contributed by atoms with E-state index in [1.54, 1.807) is 42.9 Å². The monoisotopic (exact) mass is 521 g/mol. The van der Waals surface area contributed by atoms with Gasteiger partial charge in [-0.2, -0.15) is 5.10 Å². The van der Waals surface area contributed by atoms with E-state index in [1.807, 2.05) is 26.1 Å². The van der Waals surface area contributed by atoms with Gasteiger partial charge in [-0.3, -0.25) is 4.98 Å². The molecule has 1 aliphatic rings. The van der Waals surface area contributed by atoms with Crippen molar-refractivity contribution in [1.29, 1.82) is 0 Å². The summed E-state index contributed by atoms with van der Waals surface area (Å²) in [6, 6.07) is 7.33. The number of aromatic nitrogens is 4. The molecule has 1 saturated carbocycles. The average Bonchev–Trinajstić information content (AvgIpc) is 3.24. The van der Waals surface area contributed by atoms with Crippen molar-refractivity contribution in [3.63, 3.8) is 0 Å². The van der Waals surface area contributed by atoms with Crippen LogP contribution in [0.2, 0.25) is 0 Å². The Balaban J connectivity index is 1.48. The number of nitrogens with two attached hydrogens (primary N) is 1. The van der Waals surface area contributed by atoms with Gasteiger partial charge in [-0.15, -0.1) is 0 Å². The first-order chi connectivity index (χ1) is 18.0. The molecular formula is C29H33F2N5O2. The molecule has 1 aromatic carbocycles. The van der Waals surface area contributed by atoms with E-state index in [4.69, 9.17) is 10.5 Å². The standard InChI is InChI=1S/C29H33F2N5O2/c1-16(2)38-21-12-23(30)28(24(31)13-21)25-6-5-20-15-34-27(36(20)35-25)11-19-14-33-8-7-22(19)18-9-17(3)29(4,37)26(32)10-18/h5-8,12-18,26,37H,9-11,32H2,1-4H3/t17-,18+,26+,29+/m0/s1. The predicted octanol–water partition coefficient (Wildman–Crippen LogP) is 5.04. The Bertz CT molecular complexity index is 1430. The van der Waals surface area contributed by atoms with Gasteiger partial charge in [0.05, 0.1) is 34.7 Å². The SMILES string of the molecule is CC(C)Oc1cc(F)c(-c2ccc3cnc(Cc4cnccc4[C@H]4C[C@@H](N)[C@](C)(O)[C@@H](C)C4)n3n2)c(F)c1. The van der Waals surface area contributed by atoms with Gasteiger partial charge < -0.3 is 15.6 Å². The first kappa shape index (κ1) is 26.2. The van der Waals surface area contributed by atoms with Crippen LogP contribution in [0.25, 0.3) is 16.8 Å². The third kappa shape index (κ3) is 4.88. The fourth-order valence-corrected chi connectivity index (χ4v) is 5.40. The number of benzene rings is 1. The van der Waals surface area contributed by atoms with Crippen molar-refractivity contribution in [3.8, 4) is 17.0 Å². The molecular weight excluding hydrogens is 488 g/mol. The van der Waals surface area contributed by atoms with Crippen LogP contribution < -0.4 is 10.5 Å². The minimum Gasteiger partial charge on any atom is -0.491 e. The molecule has 7 nitrogen and oxygen atoms in total. The third-order valence-electron chi connectivity index (χ3n) is 7.75. The summed E-state index contributed by atoms with van der Waals surface area (Å²) < 4.78 is 37.0. The zero-order valence-corrected chi connectivity index (χ0v) is 22.0. The van der Waals surface area contributed by atoms with Crippen LogP contribution in [-0.2, 0) is 6.42 Å². The van der Waals surface area contributed by atoms with Crippen molar-refractivity contribution < 1.29 is 18.6 Å². The number of hydrogen-bond donors (Lipinski definition) is 2. The number of hydrogen-bond acceptors (Lipinski definition) is 6. The summed E-state index contributed by atoms with van der Waals surface area (Å²) >= 11 is 0. The van der Waals surface area contributed by atoms with Crippen LogP contribution in [0.5, 0.6) is 5.75 Å². The van der Waals surface area contributed by atoms with Crippen molar-refractivity contribution in [2.24, 2.45) is 11.7 Å². The van der Waals surface area contributed by atoms with Gasteiger partial charge in [0.1, 0.15) is 23.2 Å². The number of imidazole rings is 1. The predicted molar refractivity (Wildman–Crippen MR) is 141 cm³/mol. The molecule has 0 radical (unpaired) electrons. The van der Waals surface area contributed by atoms with Crippen LogP contribution in [0.15, 0.2) is 48.9 Å². The molecule has 3 heterocycles. The maximum absolute atomic E-state index is 15.0. The number of aliphatic hydroxyl groups is 1. The highest BCUT2D eigenvalue weighted by Crippen LogP contribution is 2.42. The van der Waals surface area contributed by atoms with Gasteiger partial charge >= 0.3 is 0 Å². The molecule has 0 bridgehead atoms. The molecule has 0 aliphatic heterocycles. The number of fused-ring (bicyclic) bond motifs is 1. The van der Waals surface area contributed by atoms with Gasteiger partial charge in [0, 0.05) is 37.0 Å². The Morgan fingerprint density at radius 2 is 1.89 bits per heavy atom. The van der Waals surface area contributed by atoms with E-state index in [0.29, 0.717) is 24.2 Å². The van der Waals surface area contributed by atoms with Crippen molar-refractivity contribution in [1.82, 2.24) is 19.6 Å². The average molecular weight is 522 g/mol. The van der Waals surface area contributed by atoms with E-state index in [9.17, 15) is 13.9 Å². The second-order valence-corrected chi connectivity index (χ2v) is 10.8. The Kier molecular flexibility index (Phi) is 6.92. The summed E-state index contributed by atoms with van der Waals surface area (Å²) in [4.78, 5) is 8.89. The molecule has 0 saturated heterocycles. The summed E-state index contributed by atoms with van der Waals surface area (Å²) in [5, 5.41) is 15.3. The second-order valence-electron chi connectivity index (χ2n) is 10.8. The molecule has 5 rings (SSSR count). The highest BCUT2D eigenvalue weighted by Gasteiger charge is 2.42. The van der Waals surface area contributed by atoms with Gasteiger partial charge in [-0.25, -0.2) is 18.3 Å². The van der Waals surface area contributed by atoms with Crippen molar-refractivity contribution in [3.05, 3.63) is 77.5 Å². The quantitative estimate of drug-likeness (QED) is 0.369. The lowest BCUT2D eigenvalue weighted by Gasteiger charge is -2.44. The summed E-state index contributed by atoms with van der Waals surface area (Å²) in [6.07, 6.45) is 6.95.